The molecule has 0 aliphatic carbocycles. The van der Waals surface area contributed by atoms with Gasteiger partial charge in [0.25, 0.3) is 0 Å². The van der Waals surface area contributed by atoms with Crippen molar-refractivity contribution in [1.82, 2.24) is 0 Å². The van der Waals surface area contributed by atoms with Gasteiger partial charge in [0.05, 0.1) is 12.7 Å². The standard InChI is InChI=1S/C10H15NO2/c1-8-3-2-4-9(5-8)11-6-10(13)7-12/h2-5,10-13H,6-7H2,1H3/t10-/m0/s1. The summed E-state index contributed by atoms with van der Waals surface area (Å²) < 4.78 is 0. The third kappa shape index (κ3) is 3.44. The predicted octanol–water partition coefficient (Wildman–Crippen LogP) is 0.760. The number of hydrogen-bond donors (Lipinski definition) is 3. The topological polar surface area (TPSA) is 52.5 Å². The van der Waals surface area contributed by atoms with Crippen molar-refractivity contribution in [2.24, 2.45) is 0 Å². The Kier molecular flexibility index (Phi) is 3.73. The summed E-state index contributed by atoms with van der Waals surface area (Å²) in [5.74, 6) is 0. The molecule has 0 heterocycles. The molecule has 0 aromatic heterocycles. The van der Waals surface area contributed by atoms with E-state index in [9.17, 15) is 0 Å². The molecule has 0 spiro atoms. The van der Waals surface area contributed by atoms with Crippen molar-refractivity contribution in [2.45, 2.75) is 13.0 Å². The smallest absolute Gasteiger partial charge is 0.0942 e. The zero-order valence-electron chi connectivity index (χ0n) is 7.70. The van der Waals surface area contributed by atoms with E-state index >= 15 is 0 Å². The Balaban J connectivity index is 2.45. The number of rotatable bonds is 4. The van der Waals surface area contributed by atoms with Gasteiger partial charge in [0, 0.05) is 12.2 Å². The fourth-order valence-electron chi connectivity index (χ4n) is 1.06. The maximum atomic E-state index is 9.08. The molecule has 0 amide bonds. The van der Waals surface area contributed by atoms with E-state index in [1.807, 2.05) is 31.2 Å². The Morgan fingerprint density at radius 3 is 2.85 bits per heavy atom. The first-order valence-corrected chi connectivity index (χ1v) is 4.32. The SMILES string of the molecule is Cc1cccc(NC[C@H](O)CO)c1. The maximum absolute atomic E-state index is 9.08. The van der Waals surface area contributed by atoms with Gasteiger partial charge in [0.15, 0.2) is 0 Å². The first kappa shape index (κ1) is 10.0. The number of benzene rings is 1. The maximum Gasteiger partial charge on any atom is 0.0942 e. The van der Waals surface area contributed by atoms with Crippen LogP contribution in [-0.2, 0) is 0 Å². The van der Waals surface area contributed by atoms with Crippen molar-refractivity contribution < 1.29 is 10.2 Å². The van der Waals surface area contributed by atoms with Gasteiger partial charge in [-0.1, -0.05) is 12.1 Å². The van der Waals surface area contributed by atoms with E-state index < -0.39 is 6.10 Å². The van der Waals surface area contributed by atoms with Gasteiger partial charge in [-0.2, -0.15) is 0 Å². The molecule has 0 saturated heterocycles. The molecular formula is C10H15NO2. The summed E-state index contributed by atoms with van der Waals surface area (Å²) in [7, 11) is 0. The average Bonchev–Trinajstić information content (AvgIpc) is 2.14. The van der Waals surface area contributed by atoms with Gasteiger partial charge in [-0.15, -0.1) is 0 Å². The van der Waals surface area contributed by atoms with E-state index in [2.05, 4.69) is 5.32 Å². The lowest BCUT2D eigenvalue weighted by Crippen LogP contribution is -2.22. The molecule has 0 unspecified atom stereocenters. The molecular weight excluding hydrogens is 166 g/mol. The van der Waals surface area contributed by atoms with E-state index in [-0.39, 0.29) is 6.61 Å². The van der Waals surface area contributed by atoms with Crippen LogP contribution in [0.4, 0.5) is 5.69 Å². The van der Waals surface area contributed by atoms with Crippen molar-refractivity contribution in [3.63, 3.8) is 0 Å². The van der Waals surface area contributed by atoms with Crippen molar-refractivity contribution in [3.8, 4) is 0 Å². The lowest BCUT2D eigenvalue weighted by Gasteiger charge is -2.10. The van der Waals surface area contributed by atoms with Crippen molar-refractivity contribution in [3.05, 3.63) is 29.8 Å². The quantitative estimate of drug-likeness (QED) is 0.642. The molecule has 1 aromatic carbocycles. The van der Waals surface area contributed by atoms with Crippen LogP contribution in [-0.4, -0.2) is 29.5 Å². The second-order valence-corrected chi connectivity index (χ2v) is 3.09. The first-order valence-electron chi connectivity index (χ1n) is 4.32. The van der Waals surface area contributed by atoms with Crippen molar-refractivity contribution in [1.29, 1.82) is 0 Å². The lowest BCUT2D eigenvalue weighted by molar-refractivity contribution is 0.105. The number of anilines is 1. The zero-order valence-corrected chi connectivity index (χ0v) is 7.70. The molecule has 3 N–H and O–H groups in total. The van der Waals surface area contributed by atoms with Crippen LogP contribution in [0.5, 0.6) is 0 Å². The second-order valence-electron chi connectivity index (χ2n) is 3.09. The number of aliphatic hydroxyl groups is 2. The molecule has 1 rings (SSSR count). The fourth-order valence-corrected chi connectivity index (χ4v) is 1.06. The number of aliphatic hydroxyl groups excluding tert-OH is 2. The zero-order chi connectivity index (χ0) is 9.68. The highest BCUT2D eigenvalue weighted by Crippen LogP contribution is 2.08. The number of hydrogen-bond acceptors (Lipinski definition) is 3. The largest absolute Gasteiger partial charge is 0.394 e. The highest BCUT2D eigenvalue weighted by molar-refractivity contribution is 5.45. The van der Waals surface area contributed by atoms with Crippen LogP contribution in [0.25, 0.3) is 0 Å². The predicted molar refractivity (Wildman–Crippen MR) is 52.8 cm³/mol. The summed E-state index contributed by atoms with van der Waals surface area (Å²) in [6, 6.07) is 7.87. The fraction of sp³-hybridized carbons (Fsp3) is 0.400. The number of nitrogens with one attached hydrogen (secondary N) is 1. The Hall–Kier alpha value is -1.06. The van der Waals surface area contributed by atoms with Crippen LogP contribution < -0.4 is 5.32 Å². The molecule has 0 aliphatic heterocycles. The molecule has 0 aliphatic rings. The monoisotopic (exact) mass is 181 g/mol. The molecule has 72 valence electrons. The summed E-state index contributed by atoms with van der Waals surface area (Å²) in [5.41, 5.74) is 2.14. The minimum atomic E-state index is -0.694. The summed E-state index contributed by atoms with van der Waals surface area (Å²) in [4.78, 5) is 0. The molecule has 1 atom stereocenters. The number of aryl methyl sites for hydroxylation is 1. The van der Waals surface area contributed by atoms with Gasteiger partial charge >= 0.3 is 0 Å². The van der Waals surface area contributed by atoms with E-state index in [0.29, 0.717) is 6.54 Å². The van der Waals surface area contributed by atoms with E-state index in [1.54, 1.807) is 0 Å². The van der Waals surface area contributed by atoms with E-state index in [0.717, 1.165) is 5.69 Å². The summed E-state index contributed by atoms with van der Waals surface area (Å²) >= 11 is 0. The molecule has 13 heavy (non-hydrogen) atoms. The van der Waals surface area contributed by atoms with Crippen LogP contribution in [0.3, 0.4) is 0 Å². The summed E-state index contributed by atoms with van der Waals surface area (Å²) in [5, 5.41) is 20.7. The highest BCUT2D eigenvalue weighted by Gasteiger charge is 2.00. The lowest BCUT2D eigenvalue weighted by atomic mass is 10.2. The molecule has 3 nitrogen and oxygen atoms in total. The van der Waals surface area contributed by atoms with Gasteiger partial charge in [-0.25, -0.2) is 0 Å². The Morgan fingerprint density at radius 1 is 1.46 bits per heavy atom. The minimum Gasteiger partial charge on any atom is -0.394 e. The molecule has 1 aromatic rings. The normalized spacial score (nSPS) is 12.5. The van der Waals surface area contributed by atoms with Crippen LogP contribution in [0, 0.1) is 6.92 Å². The van der Waals surface area contributed by atoms with Gasteiger partial charge in [0.2, 0.25) is 0 Å². The van der Waals surface area contributed by atoms with Crippen LogP contribution >= 0.6 is 0 Å². The summed E-state index contributed by atoms with van der Waals surface area (Å²) in [6.45, 7) is 2.17. The average molecular weight is 181 g/mol. The Labute approximate surface area is 78.0 Å². The van der Waals surface area contributed by atoms with Gasteiger partial charge in [-0.3, -0.25) is 0 Å². The third-order valence-corrected chi connectivity index (χ3v) is 1.77. The molecule has 0 saturated carbocycles. The second kappa shape index (κ2) is 4.84. The minimum absolute atomic E-state index is 0.210. The van der Waals surface area contributed by atoms with Crippen LogP contribution in [0.2, 0.25) is 0 Å². The van der Waals surface area contributed by atoms with Crippen LogP contribution in [0.1, 0.15) is 5.56 Å². The van der Waals surface area contributed by atoms with Crippen LogP contribution in [0.15, 0.2) is 24.3 Å². The van der Waals surface area contributed by atoms with E-state index in [4.69, 9.17) is 10.2 Å². The molecule has 0 bridgehead atoms. The van der Waals surface area contributed by atoms with Gasteiger partial charge in [0.1, 0.15) is 0 Å². The molecule has 3 heteroatoms. The highest BCUT2D eigenvalue weighted by atomic mass is 16.3. The van der Waals surface area contributed by atoms with Crippen molar-refractivity contribution >= 4 is 5.69 Å². The summed E-state index contributed by atoms with van der Waals surface area (Å²) in [6.07, 6.45) is -0.694. The first-order chi connectivity index (χ1) is 6.22. The van der Waals surface area contributed by atoms with Gasteiger partial charge in [-0.05, 0) is 24.6 Å². The Bertz CT molecular complexity index is 263. The Morgan fingerprint density at radius 2 is 2.23 bits per heavy atom. The van der Waals surface area contributed by atoms with Crippen molar-refractivity contribution in [2.75, 3.05) is 18.5 Å². The van der Waals surface area contributed by atoms with Gasteiger partial charge < -0.3 is 15.5 Å². The van der Waals surface area contributed by atoms with E-state index in [1.165, 1.54) is 5.56 Å². The third-order valence-electron chi connectivity index (χ3n) is 1.77. The molecule has 0 radical (unpaired) electrons. The molecule has 0 fully saturated rings.